The summed E-state index contributed by atoms with van der Waals surface area (Å²) in [6.45, 7) is 5.74. The molecule has 0 saturated carbocycles. The van der Waals surface area contributed by atoms with Crippen molar-refractivity contribution in [1.29, 1.82) is 5.26 Å². The van der Waals surface area contributed by atoms with Crippen LogP contribution in [0.4, 0.5) is 0 Å². The van der Waals surface area contributed by atoms with Crippen LogP contribution < -0.4 is 4.74 Å². The van der Waals surface area contributed by atoms with Crippen molar-refractivity contribution in [3.63, 3.8) is 0 Å². The number of carboxylic acid groups (broad SMARTS) is 1. The number of hydrogen-bond donors (Lipinski definition) is 1. The first-order valence-corrected chi connectivity index (χ1v) is 8.10. The van der Waals surface area contributed by atoms with Crippen molar-refractivity contribution in [2.45, 2.75) is 45.1 Å². The molecule has 24 heavy (non-hydrogen) atoms. The lowest BCUT2D eigenvalue weighted by Crippen LogP contribution is -2.56. The molecule has 1 N–H and O–H groups in total. The molecule has 0 radical (unpaired) electrons. The summed E-state index contributed by atoms with van der Waals surface area (Å²) >= 11 is 0. The predicted octanol–water partition coefficient (Wildman–Crippen LogP) is 3.30. The lowest BCUT2D eigenvalue weighted by atomic mass is 9.56. The molecule has 0 aliphatic rings. The lowest BCUT2D eigenvalue weighted by molar-refractivity contribution is -0.140. The summed E-state index contributed by atoms with van der Waals surface area (Å²) in [6.07, 6.45) is 0.628. The van der Waals surface area contributed by atoms with E-state index in [1.54, 1.807) is 7.11 Å². The van der Waals surface area contributed by atoms with Gasteiger partial charge in [0.2, 0.25) is 0 Å². The highest BCUT2D eigenvalue weighted by atomic mass is 16.5. The van der Waals surface area contributed by atoms with Crippen LogP contribution in [-0.4, -0.2) is 43.2 Å². The monoisotopic (exact) mass is 332 g/mol. The zero-order valence-corrected chi connectivity index (χ0v) is 15.5. The van der Waals surface area contributed by atoms with Crippen molar-refractivity contribution in [3.8, 4) is 11.8 Å². The predicted molar refractivity (Wildman–Crippen MR) is 94.1 cm³/mol. The Kier molecular flexibility index (Phi) is 6.39. The zero-order valence-electron chi connectivity index (χ0n) is 15.5. The Bertz CT molecular complexity index is 619. The molecule has 1 aromatic rings. The summed E-state index contributed by atoms with van der Waals surface area (Å²) in [6, 6.07) is 9.77. The van der Waals surface area contributed by atoms with Crippen LogP contribution in [-0.2, 0) is 10.2 Å². The summed E-state index contributed by atoms with van der Waals surface area (Å²) in [5.74, 6) is -0.247. The molecule has 0 aliphatic carbocycles. The fraction of sp³-hybridized carbons (Fsp3) is 0.579. The van der Waals surface area contributed by atoms with Crippen LogP contribution in [0.2, 0.25) is 0 Å². The lowest BCUT2D eigenvalue weighted by Gasteiger charge is -2.48. The van der Waals surface area contributed by atoms with Gasteiger partial charge >= 0.3 is 5.97 Å². The third-order valence-corrected chi connectivity index (χ3v) is 4.87. The average molecular weight is 332 g/mol. The van der Waals surface area contributed by atoms with Crippen molar-refractivity contribution in [3.05, 3.63) is 29.8 Å². The Labute approximate surface area is 144 Å². The van der Waals surface area contributed by atoms with Crippen LogP contribution in [0.1, 0.15) is 39.2 Å². The van der Waals surface area contributed by atoms with Gasteiger partial charge in [0, 0.05) is 6.04 Å². The van der Waals surface area contributed by atoms with Crippen molar-refractivity contribution >= 4 is 5.97 Å². The Hall–Kier alpha value is -2.06. The van der Waals surface area contributed by atoms with Crippen LogP contribution in [0.3, 0.4) is 0 Å². The quantitative estimate of drug-likeness (QED) is 0.790. The average Bonchev–Trinajstić information content (AvgIpc) is 2.50. The number of carbonyl (C=O) groups is 1. The summed E-state index contributed by atoms with van der Waals surface area (Å²) in [7, 11) is 5.44. The topological polar surface area (TPSA) is 73.6 Å². The summed E-state index contributed by atoms with van der Waals surface area (Å²) < 4.78 is 5.32. The van der Waals surface area contributed by atoms with E-state index in [1.165, 1.54) is 0 Å². The molecule has 0 amide bonds. The maximum atomic E-state index is 11.5. The van der Waals surface area contributed by atoms with Crippen molar-refractivity contribution in [2.24, 2.45) is 5.41 Å². The minimum atomic E-state index is -0.988. The second-order valence-electron chi connectivity index (χ2n) is 6.99. The molecular formula is C19H28N2O3. The highest BCUT2D eigenvalue weighted by Gasteiger charge is 2.53. The van der Waals surface area contributed by atoms with Gasteiger partial charge in [-0.3, -0.25) is 4.79 Å². The van der Waals surface area contributed by atoms with Crippen LogP contribution >= 0.6 is 0 Å². The number of benzene rings is 1. The third-order valence-electron chi connectivity index (χ3n) is 4.87. The second-order valence-corrected chi connectivity index (χ2v) is 6.99. The third kappa shape index (κ3) is 3.54. The van der Waals surface area contributed by atoms with Gasteiger partial charge in [-0.25, -0.2) is 0 Å². The van der Waals surface area contributed by atoms with E-state index in [0.29, 0.717) is 5.75 Å². The van der Waals surface area contributed by atoms with Gasteiger partial charge in [0.15, 0.2) is 0 Å². The Morgan fingerprint density at radius 3 is 2.46 bits per heavy atom. The maximum absolute atomic E-state index is 11.5. The van der Waals surface area contributed by atoms with E-state index in [9.17, 15) is 15.2 Å². The highest BCUT2D eigenvalue weighted by molar-refractivity contribution is 5.68. The largest absolute Gasteiger partial charge is 0.497 e. The van der Waals surface area contributed by atoms with Gasteiger partial charge in [-0.05, 0) is 43.6 Å². The first kappa shape index (κ1) is 20.0. The van der Waals surface area contributed by atoms with Gasteiger partial charge in [-0.1, -0.05) is 32.9 Å². The number of ether oxygens (including phenoxy) is 1. The molecular weight excluding hydrogens is 304 g/mol. The van der Waals surface area contributed by atoms with Crippen LogP contribution in [0.15, 0.2) is 24.3 Å². The molecule has 1 aromatic carbocycles. The van der Waals surface area contributed by atoms with Crippen LogP contribution in [0, 0.1) is 16.7 Å². The molecule has 5 heteroatoms. The van der Waals surface area contributed by atoms with E-state index in [0.717, 1.165) is 12.0 Å². The number of carboxylic acids is 1. The van der Waals surface area contributed by atoms with Gasteiger partial charge in [-0.2, -0.15) is 5.26 Å². The number of nitrogens with zero attached hydrogens (tertiary/aromatic N) is 2. The summed E-state index contributed by atoms with van der Waals surface area (Å²) in [4.78, 5) is 13.5. The fourth-order valence-electron chi connectivity index (χ4n) is 3.77. The molecule has 0 fully saturated rings. The van der Waals surface area contributed by atoms with Crippen LogP contribution in [0.5, 0.6) is 5.75 Å². The normalized spacial score (nSPS) is 15.4. The molecule has 0 spiro atoms. The minimum absolute atomic E-state index is 0.0951. The molecule has 2 unspecified atom stereocenters. The van der Waals surface area contributed by atoms with E-state index in [1.807, 2.05) is 64.0 Å². The van der Waals surface area contributed by atoms with Crippen LogP contribution in [0.25, 0.3) is 0 Å². The number of rotatable bonds is 8. The van der Waals surface area contributed by atoms with Gasteiger partial charge in [0.1, 0.15) is 11.2 Å². The van der Waals surface area contributed by atoms with E-state index in [-0.39, 0.29) is 12.5 Å². The van der Waals surface area contributed by atoms with E-state index < -0.39 is 16.8 Å². The number of nitriles is 1. The van der Waals surface area contributed by atoms with E-state index in [2.05, 4.69) is 6.07 Å². The first-order chi connectivity index (χ1) is 11.2. The van der Waals surface area contributed by atoms with E-state index >= 15 is 0 Å². The molecule has 0 heterocycles. The molecule has 132 valence electrons. The number of hydrogen-bond acceptors (Lipinski definition) is 4. The molecule has 2 atom stereocenters. The first-order valence-electron chi connectivity index (χ1n) is 8.10. The molecule has 1 rings (SSSR count). The Morgan fingerprint density at radius 2 is 2.04 bits per heavy atom. The van der Waals surface area contributed by atoms with Gasteiger partial charge in [0.25, 0.3) is 0 Å². The van der Waals surface area contributed by atoms with Gasteiger partial charge < -0.3 is 14.7 Å². The molecule has 0 aromatic heterocycles. The number of methoxy groups -OCH3 is 1. The minimum Gasteiger partial charge on any atom is -0.497 e. The van der Waals surface area contributed by atoms with Gasteiger partial charge in [0.05, 0.1) is 19.6 Å². The van der Waals surface area contributed by atoms with E-state index in [4.69, 9.17) is 4.74 Å². The molecule has 5 nitrogen and oxygen atoms in total. The Balaban J connectivity index is 3.72. The van der Waals surface area contributed by atoms with Crippen molar-refractivity contribution in [1.82, 2.24) is 4.90 Å². The molecule has 0 aliphatic heterocycles. The smallest absolute Gasteiger partial charge is 0.303 e. The van der Waals surface area contributed by atoms with Crippen molar-refractivity contribution < 1.29 is 14.6 Å². The number of likely N-dealkylation sites (N-methyl/N-ethyl adjacent to an activating group) is 1. The second kappa shape index (κ2) is 7.67. The molecule has 0 bridgehead atoms. The summed E-state index contributed by atoms with van der Waals surface area (Å²) in [5.41, 5.74) is -0.973. The van der Waals surface area contributed by atoms with Gasteiger partial charge in [-0.15, -0.1) is 0 Å². The SMILES string of the molecule is CCC(N(C)C)C(C#N)(c1cccc(OC)c1)C(C)(C)CC(=O)O. The zero-order chi connectivity index (χ0) is 18.5. The van der Waals surface area contributed by atoms with Crippen molar-refractivity contribution in [2.75, 3.05) is 21.2 Å². The number of aliphatic carboxylic acids is 1. The standard InChI is InChI=1S/C19H28N2O3/c1-7-16(21(4)5)19(13-20,18(2,3)12-17(22)23)14-9-8-10-15(11-14)24-6/h8-11,16H,7,12H2,1-6H3,(H,22,23). The molecule has 0 saturated heterocycles. The fourth-order valence-corrected chi connectivity index (χ4v) is 3.77. The maximum Gasteiger partial charge on any atom is 0.303 e. The highest BCUT2D eigenvalue weighted by Crippen LogP contribution is 2.49. The summed E-state index contributed by atoms with van der Waals surface area (Å²) in [5, 5.41) is 19.7. The Morgan fingerprint density at radius 1 is 1.42 bits per heavy atom.